The molecular weight excluding hydrogens is 520 g/mol. The first-order valence-corrected chi connectivity index (χ1v) is 12.3. The number of benzene rings is 2. The lowest BCUT2D eigenvalue weighted by atomic mass is 10.0. The summed E-state index contributed by atoms with van der Waals surface area (Å²) in [5, 5.41) is 3.13. The molecule has 1 aliphatic rings. The summed E-state index contributed by atoms with van der Waals surface area (Å²) in [4.78, 5) is 19.3. The predicted octanol–water partition coefficient (Wildman–Crippen LogP) is 6.68. The second-order valence-electron chi connectivity index (χ2n) is 9.04. The van der Waals surface area contributed by atoms with Crippen LogP contribution in [0.25, 0.3) is 17.0 Å². The number of alkyl halides is 3. The van der Waals surface area contributed by atoms with E-state index in [0.717, 1.165) is 17.2 Å². The lowest BCUT2D eigenvalue weighted by Crippen LogP contribution is -2.34. The average molecular weight is 543 g/mol. The van der Waals surface area contributed by atoms with E-state index in [2.05, 4.69) is 10.3 Å². The van der Waals surface area contributed by atoms with Crippen LogP contribution in [0, 0.1) is 5.82 Å². The third-order valence-corrected chi connectivity index (χ3v) is 6.74. The number of hydrogen-bond donors (Lipinski definition) is 1. The summed E-state index contributed by atoms with van der Waals surface area (Å²) >= 11 is 5.92. The molecule has 10 heteroatoms. The molecule has 196 valence electrons. The maximum atomic E-state index is 14.0. The van der Waals surface area contributed by atoms with Gasteiger partial charge in [-0.1, -0.05) is 42.0 Å². The number of carbonyl (C=O) groups excluding carboxylic acids is 1. The van der Waals surface area contributed by atoms with Gasteiger partial charge in [-0.05, 0) is 53.1 Å². The van der Waals surface area contributed by atoms with Crippen molar-refractivity contribution in [3.8, 4) is 0 Å². The van der Waals surface area contributed by atoms with Crippen LogP contribution in [-0.4, -0.2) is 33.6 Å². The van der Waals surface area contributed by atoms with Gasteiger partial charge in [-0.15, -0.1) is 0 Å². The van der Waals surface area contributed by atoms with Crippen molar-refractivity contribution in [2.24, 2.45) is 0 Å². The number of pyridine rings is 1. The molecule has 38 heavy (non-hydrogen) atoms. The van der Waals surface area contributed by atoms with Crippen LogP contribution in [0.1, 0.15) is 27.9 Å². The fourth-order valence-electron chi connectivity index (χ4n) is 4.81. The van der Waals surface area contributed by atoms with Crippen LogP contribution >= 0.6 is 11.6 Å². The molecule has 1 N–H and O–H groups in total. The highest BCUT2D eigenvalue weighted by molar-refractivity contribution is 6.29. The molecule has 1 amide bonds. The summed E-state index contributed by atoms with van der Waals surface area (Å²) in [5.74, 6) is -0.323. The van der Waals surface area contributed by atoms with Crippen molar-refractivity contribution >= 4 is 34.6 Å². The maximum Gasteiger partial charge on any atom is 0.417 e. The van der Waals surface area contributed by atoms with Crippen molar-refractivity contribution in [1.82, 2.24) is 19.8 Å². The monoisotopic (exact) mass is 542 g/mol. The molecule has 0 unspecified atom stereocenters. The highest BCUT2D eigenvalue weighted by atomic mass is 35.5. The average Bonchev–Trinajstić information content (AvgIpc) is 3.22. The van der Waals surface area contributed by atoms with Gasteiger partial charge in [-0.2, -0.15) is 13.2 Å². The Morgan fingerprint density at radius 2 is 1.92 bits per heavy atom. The van der Waals surface area contributed by atoms with Crippen LogP contribution in [0.3, 0.4) is 0 Å². The van der Waals surface area contributed by atoms with Crippen LogP contribution in [0.2, 0.25) is 5.15 Å². The fraction of sp³-hybridized carbons (Fsp3) is 0.214. The zero-order chi connectivity index (χ0) is 26.9. The quantitative estimate of drug-likeness (QED) is 0.226. The van der Waals surface area contributed by atoms with E-state index in [1.165, 1.54) is 29.0 Å². The van der Waals surface area contributed by atoms with Crippen LogP contribution < -0.4 is 5.32 Å². The molecule has 2 aromatic heterocycles. The molecule has 0 radical (unpaired) electrons. The van der Waals surface area contributed by atoms with Crippen molar-refractivity contribution in [3.63, 3.8) is 0 Å². The lowest BCUT2D eigenvalue weighted by Gasteiger charge is -2.27. The standard InChI is InChI=1S/C28H23ClF4N4O/c29-25-15-19(10-12-34-25)16-35-27(38)37-23-11-14-36(13-2-3-18-6-8-20(30)9-7-18)17-21(23)26-22(28(31,32)33)4-1-5-24(26)37/h1-10,12,15H,11,13-14,16-17H2,(H,35,38). The molecule has 0 saturated carbocycles. The molecule has 5 rings (SSSR count). The van der Waals surface area contributed by atoms with Gasteiger partial charge >= 0.3 is 12.2 Å². The first kappa shape index (κ1) is 25.9. The van der Waals surface area contributed by atoms with Gasteiger partial charge in [0.1, 0.15) is 11.0 Å². The molecule has 1 aliphatic heterocycles. The zero-order valence-electron chi connectivity index (χ0n) is 20.1. The van der Waals surface area contributed by atoms with Crippen LogP contribution in [0.4, 0.5) is 22.4 Å². The van der Waals surface area contributed by atoms with Gasteiger partial charge in [0.15, 0.2) is 0 Å². The minimum absolute atomic E-state index is 0.0457. The molecule has 0 aliphatic carbocycles. The maximum absolute atomic E-state index is 14.0. The SMILES string of the molecule is O=C(NCc1ccnc(Cl)c1)n1c2c(c3c(C(F)(F)F)cccc31)CN(CC=Cc1ccc(F)cc1)CC2. The molecule has 0 bridgehead atoms. The molecule has 2 aromatic carbocycles. The number of hydrogen-bond acceptors (Lipinski definition) is 3. The van der Waals surface area contributed by atoms with E-state index in [-0.39, 0.29) is 35.0 Å². The van der Waals surface area contributed by atoms with E-state index < -0.39 is 17.8 Å². The molecule has 0 spiro atoms. The van der Waals surface area contributed by atoms with Crippen molar-refractivity contribution < 1.29 is 22.4 Å². The second kappa shape index (κ2) is 10.6. The minimum Gasteiger partial charge on any atom is -0.333 e. The highest BCUT2D eigenvalue weighted by Gasteiger charge is 2.37. The summed E-state index contributed by atoms with van der Waals surface area (Å²) in [5.41, 5.74) is 2.07. The molecule has 0 atom stereocenters. The third kappa shape index (κ3) is 5.44. The second-order valence-corrected chi connectivity index (χ2v) is 9.43. The van der Waals surface area contributed by atoms with Gasteiger partial charge in [-0.25, -0.2) is 14.2 Å². The predicted molar refractivity (Wildman–Crippen MR) is 138 cm³/mol. The summed E-state index contributed by atoms with van der Waals surface area (Å²) in [6, 6.07) is 12.8. The van der Waals surface area contributed by atoms with E-state index in [9.17, 15) is 22.4 Å². The number of nitrogens with zero attached hydrogens (tertiary/aromatic N) is 3. The molecular formula is C28H23ClF4N4O. The number of amides is 1. The molecule has 0 saturated heterocycles. The number of halogens is 5. The Kier molecular flexibility index (Phi) is 7.23. The van der Waals surface area contributed by atoms with Gasteiger partial charge in [0, 0.05) is 49.9 Å². The number of aromatic nitrogens is 2. The Bertz CT molecular complexity index is 1510. The van der Waals surface area contributed by atoms with E-state index in [4.69, 9.17) is 11.6 Å². The van der Waals surface area contributed by atoms with Gasteiger partial charge < -0.3 is 5.32 Å². The van der Waals surface area contributed by atoms with Gasteiger partial charge in [0.25, 0.3) is 0 Å². The van der Waals surface area contributed by atoms with Crippen molar-refractivity contribution in [1.29, 1.82) is 0 Å². The first-order valence-electron chi connectivity index (χ1n) is 12.0. The Balaban J connectivity index is 1.45. The molecule has 5 nitrogen and oxygen atoms in total. The first-order chi connectivity index (χ1) is 18.2. The fourth-order valence-corrected chi connectivity index (χ4v) is 5.01. The summed E-state index contributed by atoms with van der Waals surface area (Å²) in [6.45, 7) is 1.46. The summed E-state index contributed by atoms with van der Waals surface area (Å²) in [7, 11) is 0. The Hall–Kier alpha value is -3.69. The molecule has 4 aromatic rings. The van der Waals surface area contributed by atoms with Gasteiger partial charge in [0.05, 0.1) is 11.1 Å². The highest BCUT2D eigenvalue weighted by Crippen LogP contribution is 2.40. The van der Waals surface area contributed by atoms with Crippen LogP contribution in [0.5, 0.6) is 0 Å². The van der Waals surface area contributed by atoms with Crippen molar-refractivity contribution in [2.45, 2.75) is 25.7 Å². The number of rotatable bonds is 5. The van der Waals surface area contributed by atoms with E-state index >= 15 is 0 Å². The van der Waals surface area contributed by atoms with Crippen LogP contribution in [-0.2, 0) is 25.7 Å². The zero-order valence-corrected chi connectivity index (χ0v) is 20.9. The molecule has 0 fully saturated rings. The van der Waals surface area contributed by atoms with Crippen LogP contribution in [0.15, 0.2) is 66.9 Å². The lowest BCUT2D eigenvalue weighted by molar-refractivity contribution is -0.136. The third-order valence-electron chi connectivity index (χ3n) is 6.54. The topological polar surface area (TPSA) is 50.2 Å². The normalized spacial score (nSPS) is 14.2. The van der Waals surface area contributed by atoms with Gasteiger partial charge in [-0.3, -0.25) is 9.47 Å². The molecule has 3 heterocycles. The minimum atomic E-state index is -4.57. The smallest absolute Gasteiger partial charge is 0.333 e. The van der Waals surface area contributed by atoms with E-state index in [1.54, 1.807) is 30.3 Å². The van der Waals surface area contributed by atoms with E-state index in [1.807, 2.05) is 17.1 Å². The van der Waals surface area contributed by atoms with Crippen molar-refractivity contribution in [3.05, 3.63) is 106 Å². The Morgan fingerprint density at radius 3 is 2.66 bits per heavy atom. The number of fused-ring (bicyclic) bond motifs is 3. The van der Waals surface area contributed by atoms with E-state index in [0.29, 0.717) is 30.8 Å². The Labute approximate surface area is 221 Å². The summed E-state index contributed by atoms with van der Waals surface area (Å²) < 4.78 is 56.6. The number of nitrogens with one attached hydrogen (secondary N) is 1. The van der Waals surface area contributed by atoms with Crippen molar-refractivity contribution in [2.75, 3.05) is 13.1 Å². The summed E-state index contributed by atoms with van der Waals surface area (Å²) in [6.07, 6.45) is 1.09. The number of carbonyl (C=O) groups is 1. The Morgan fingerprint density at radius 1 is 1.13 bits per heavy atom. The van der Waals surface area contributed by atoms with Gasteiger partial charge in [0.2, 0.25) is 0 Å². The largest absolute Gasteiger partial charge is 0.417 e.